The Kier molecular flexibility index (Phi) is 8.55. The summed E-state index contributed by atoms with van der Waals surface area (Å²) in [6.45, 7) is 2.82. The highest BCUT2D eigenvalue weighted by Gasteiger charge is 2.31. The van der Waals surface area contributed by atoms with Crippen LogP contribution in [0.1, 0.15) is 22.8 Å². The molecule has 1 heterocycles. The number of nitrogens with zero attached hydrogens (tertiary/aromatic N) is 3. The molecule has 12 heteroatoms. The van der Waals surface area contributed by atoms with Crippen molar-refractivity contribution >= 4 is 34.8 Å². The second-order valence-electron chi connectivity index (χ2n) is 7.88. The summed E-state index contributed by atoms with van der Waals surface area (Å²) in [6, 6.07) is 15.8. The van der Waals surface area contributed by atoms with Crippen molar-refractivity contribution in [3.63, 3.8) is 0 Å². The molecule has 4 rings (SSSR count). The van der Waals surface area contributed by atoms with E-state index in [1.165, 1.54) is 28.9 Å². The van der Waals surface area contributed by atoms with Crippen molar-refractivity contribution in [1.29, 1.82) is 0 Å². The lowest BCUT2D eigenvalue weighted by atomic mass is 10.1. The number of halogens is 5. The minimum Gasteiger partial charge on any atom is -0.460 e. The topological polar surface area (TPSA) is 78.3 Å². The first-order valence-electron chi connectivity index (χ1n) is 11.4. The van der Waals surface area contributed by atoms with Gasteiger partial charge in [0.25, 0.3) is 5.91 Å². The summed E-state index contributed by atoms with van der Waals surface area (Å²) in [7, 11) is 0. The zero-order chi connectivity index (χ0) is 27.3. The summed E-state index contributed by atoms with van der Waals surface area (Å²) in [6.07, 6.45) is -4.52. The molecule has 0 bridgehead atoms. The van der Waals surface area contributed by atoms with E-state index < -0.39 is 17.6 Å². The highest BCUT2D eigenvalue weighted by Crippen LogP contribution is 2.33. The predicted octanol–water partition coefficient (Wildman–Crippen LogP) is 6.93. The number of carbonyl (C=O) groups is 1. The quantitative estimate of drug-likeness (QED) is 0.223. The summed E-state index contributed by atoms with van der Waals surface area (Å²) in [4.78, 5) is 16.9. The Balaban J connectivity index is 1.62. The number of benzene rings is 3. The molecule has 0 spiro atoms. The maximum Gasteiger partial charge on any atom is 0.416 e. The first kappa shape index (κ1) is 27.4. The Labute approximate surface area is 226 Å². The molecule has 1 N–H and O–H groups in total. The number of rotatable bonds is 9. The molecule has 0 saturated carbocycles. The Hall–Kier alpha value is -3.60. The Bertz CT molecular complexity index is 1430. The van der Waals surface area contributed by atoms with E-state index in [9.17, 15) is 18.0 Å². The first-order chi connectivity index (χ1) is 18.2. The van der Waals surface area contributed by atoms with E-state index in [-0.39, 0.29) is 29.0 Å². The lowest BCUT2D eigenvalue weighted by Gasteiger charge is -2.10. The van der Waals surface area contributed by atoms with Gasteiger partial charge in [-0.1, -0.05) is 35.3 Å². The summed E-state index contributed by atoms with van der Waals surface area (Å²) >= 11 is 11.9. The molecule has 1 aromatic heterocycles. The molecule has 0 radical (unpaired) electrons. The van der Waals surface area contributed by atoms with Crippen molar-refractivity contribution in [2.24, 2.45) is 0 Å². The molecule has 0 saturated heterocycles. The molecule has 0 aliphatic carbocycles. The Morgan fingerprint density at radius 2 is 1.76 bits per heavy atom. The van der Waals surface area contributed by atoms with Gasteiger partial charge >= 0.3 is 12.2 Å². The standard InChI is InChI=1S/C26H21Cl2F3N4O3/c1-2-37-12-13-38-25-33-23(16-4-3-5-18(14-16)26(29,30)31)35(34-25)20-9-7-19(8-10-20)32-24(36)17-6-11-21(27)22(28)15-17/h3-11,14-15H,2,12-13H2,1H3,(H,32,36). The zero-order valence-electron chi connectivity index (χ0n) is 19.9. The lowest BCUT2D eigenvalue weighted by molar-refractivity contribution is -0.137. The maximum absolute atomic E-state index is 13.3. The van der Waals surface area contributed by atoms with E-state index in [1.807, 2.05) is 6.92 Å². The van der Waals surface area contributed by atoms with Crippen LogP contribution in [0.25, 0.3) is 17.1 Å². The fraction of sp³-hybridized carbons (Fsp3) is 0.192. The third-order valence-electron chi connectivity index (χ3n) is 5.25. The lowest BCUT2D eigenvalue weighted by Crippen LogP contribution is -2.12. The van der Waals surface area contributed by atoms with E-state index in [2.05, 4.69) is 15.4 Å². The van der Waals surface area contributed by atoms with Gasteiger partial charge in [-0.15, -0.1) is 5.10 Å². The van der Waals surface area contributed by atoms with Crippen LogP contribution in [0.4, 0.5) is 18.9 Å². The van der Waals surface area contributed by atoms with Gasteiger partial charge in [-0.05, 0) is 61.5 Å². The number of hydrogen-bond donors (Lipinski definition) is 1. The molecule has 3 aromatic carbocycles. The van der Waals surface area contributed by atoms with Gasteiger partial charge in [-0.2, -0.15) is 18.2 Å². The molecule has 0 aliphatic rings. The number of hydrogen-bond acceptors (Lipinski definition) is 5. The van der Waals surface area contributed by atoms with Gasteiger partial charge in [-0.3, -0.25) is 4.79 Å². The maximum atomic E-state index is 13.3. The van der Waals surface area contributed by atoms with E-state index in [4.69, 9.17) is 32.7 Å². The van der Waals surface area contributed by atoms with Crippen LogP contribution in [0.15, 0.2) is 66.7 Å². The van der Waals surface area contributed by atoms with Gasteiger partial charge in [0.2, 0.25) is 0 Å². The van der Waals surface area contributed by atoms with Crippen LogP contribution in [0.3, 0.4) is 0 Å². The van der Waals surface area contributed by atoms with Gasteiger partial charge < -0.3 is 14.8 Å². The second kappa shape index (κ2) is 11.8. The molecule has 1 amide bonds. The number of alkyl halides is 3. The molecule has 0 atom stereocenters. The summed E-state index contributed by atoms with van der Waals surface area (Å²) < 4.78 is 52.2. The normalized spacial score (nSPS) is 11.4. The number of carbonyl (C=O) groups excluding carboxylic acids is 1. The second-order valence-corrected chi connectivity index (χ2v) is 8.70. The number of ether oxygens (including phenoxy) is 2. The fourth-order valence-electron chi connectivity index (χ4n) is 3.42. The van der Waals surface area contributed by atoms with Crippen molar-refractivity contribution in [2.45, 2.75) is 13.1 Å². The molecule has 198 valence electrons. The monoisotopic (exact) mass is 564 g/mol. The van der Waals surface area contributed by atoms with Crippen LogP contribution >= 0.6 is 23.2 Å². The average Bonchev–Trinajstić information content (AvgIpc) is 3.32. The zero-order valence-corrected chi connectivity index (χ0v) is 21.4. The van der Waals surface area contributed by atoms with E-state index in [0.29, 0.717) is 35.2 Å². The molecule has 0 fully saturated rings. The van der Waals surface area contributed by atoms with Crippen LogP contribution in [0, 0.1) is 0 Å². The summed E-state index contributed by atoms with van der Waals surface area (Å²) in [5.74, 6) is -0.248. The molecule has 0 unspecified atom stereocenters. The predicted molar refractivity (Wildman–Crippen MR) is 138 cm³/mol. The number of aromatic nitrogens is 3. The summed E-state index contributed by atoms with van der Waals surface area (Å²) in [5, 5.41) is 7.67. The number of nitrogens with one attached hydrogen (secondary N) is 1. The average molecular weight is 565 g/mol. The van der Waals surface area contributed by atoms with Crippen molar-refractivity contribution < 1.29 is 27.4 Å². The van der Waals surface area contributed by atoms with Crippen molar-refractivity contribution in [2.75, 3.05) is 25.1 Å². The van der Waals surface area contributed by atoms with E-state index in [1.54, 1.807) is 30.3 Å². The van der Waals surface area contributed by atoms with Gasteiger partial charge in [0.15, 0.2) is 5.82 Å². The number of anilines is 1. The highest BCUT2D eigenvalue weighted by atomic mass is 35.5. The SMILES string of the molecule is CCOCCOc1nc(-c2cccc(C(F)(F)F)c2)n(-c2ccc(NC(=O)c3ccc(Cl)c(Cl)c3)cc2)n1. The van der Waals surface area contributed by atoms with Crippen molar-refractivity contribution in [1.82, 2.24) is 14.8 Å². The smallest absolute Gasteiger partial charge is 0.416 e. The Morgan fingerprint density at radius 1 is 1.00 bits per heavy atom. The molecular weight excluding hydrogens is 544 g/mol. The van der Waals surface area contributed by atoms with Crippen molar-refractivity contribution in [3.05, 3.63) is 87.9 Å². The van der Waals surface area contributed by atoms with Crippen LogP contribution in [0.2, 0.25) is 10.0 Å². The van der Waals surface area contributed by atoms with Gasteiger partial charge in [0, 0.05) is 23.4 Å². The molecule has 0 aliphatic heterocycles. The fourth-order valence-corrected chi connectivity index (χ4v) is 3.72. The van der Waals surface area contributed by atoms with Gasteiger partial charge in [-0.25, -0.2) is 4.68 Å². The minimum absolute atomic E-state index is 0.0193. The van der Waals surface area contributed by atoms with Crippen LogP contribution in [-0.2, 0) is 10.9 Å². The highest BCUT2D eigenvalue weighted by molar-refractivity contribution is 6.42. The van der Waals surface area contributed by atoms with Crippen LogP contribution in [-0.4, -0.2) is 40.5 Å². The van der Waals surface area contributed by atoms with E-state index in [0.717, 1.165) is 12.1 Å². The number of amides is 1. The first-order valence-corrected chi connectivity index (χ1v) is 12.1. The molecule has 38 heavy (non-hydrogen) atoms. The molecule has 7 nitrogen and oxygen atoms in total. The third kappa shape index (κ3) is 6.63. The minimum atomic E-state index is -4.52. The van der Waals surface area contributed by atoms with Gasteiger partial charge in [0.1, 0.15) is 6.61 Å². The van der Waals surface area contributed by atoms with Gasteiger partial charge in [0.05, 0.1) is 27.9 Å². The van der Waals surface area contributed by atoms with E-state index >= 15 is 0 Å². The molecule has 4 aromatic rings. The van der Waals surface area contributed by atoms with Crippen LogP contribution in [0.5, 0.6) is 6.01 Å². The van der Waals surface area contributed by atoms with Crippen LogP contribution < -0.4 is 10.1 Å². The van der Waals surface area contributed by atoms with Crippen molar-refractivity contribution in [3.8, 4) is 23.1 Å². The third-order valence-corrected chi connectivity index (χ3v) is 5.99. The Morgan fingerprint density at radius 3 is 2.45 bits per heavy atom. The summed E-state index contributed by atoms with van der Waals surface area (Å²) in [5.41, 5.74) is 0.656. The molecular formula is C26H21Cl2F3N4O3. The largest absolute Gasteiger partial charge is 0.460 e.